The van der Waals surface area contributed by atoms with Crippen LogP contribution in [0.5, 0.6) is 0 Å². The van der Waals surface area contributed by atoms with Crippen LogP contribution in [0.1, 0.15) is 66.2 Å². The highest BCUT2D eigenvalue weighted by Crippen LogP contribution is 2.39. The smallest absolute Gasteiger partial charge is 0.0254 e. The number of likely N-dealkylation sites (tertiary alicyclic amines) is 1. The molecule has 2 fully saturated rings. The maximum absolute atomic E-state index is 3.59. The minimum atomic E-state index is 0.528. The molecule has 0 aromatic carbocycles. The summed E-state index contributed by atoms with van der Waals surface area (Å²) >= 11 is 0. The first-order chi connectivity index (χ1) is 8.83. The molecule has 1 heterocycles. The zero-order chi connectivity index (χ0) is 14.1. The van der Waals surface area contributed by atoms with Crippen LogP contribution in [0.15, 0.2) is 0 Å². The normalized spacial score (nSPS) is 35.8. The highest BCUT2D eigenvalue weighted by Gasteiger charge is 2.38. The predicted octanol–water partition coefficient (Wildman–Crippen LogP) is 3.67. The van der Waals surface area contributed by atoms with Gasteiger partial charge in [-0.3, -0.25) is 4.90 Å². The molecule has 2 atom stereocenters. The number of rotatable bonds is 2. The van der Waals surface area contributed by atoms with Gasteiger partial charge in [-0.15, -0.1) is 0 Å². The summed E-state index contributed by atoms with van der Waals surface area (Å²) in [6.45, 7) is 12.4. The fourth-order valence-corrected chi connectivity index (χ4v) is 4.04. The highest BCUT2D eigenvalue weighted by molar-refractivity contribution is 4.95. The van der Waals surface area contributed by atoms with E-state index in [9.17, 15) is 0 Å². The highest BCUT2D eigenvalue weighted by atomic mass is 15.2. The zero-order valence-corrected chi connectivity index (χ0v) is 13.8. The predicted molar refractivity (Wildman–Crippen MR) is 83.5 cm³/mol. The second kappa shape index (κ2) is 5.73. The summed E-state index contributed by atoms with van der Waals surface area (Å²) in [6, 6.07) is 1.46. The summed E-state index contributed by atoms with van der Waals surface area (Å²) in [5.74, 6) is 0. The fraction of sp³-hybridized carbons (Fsp3) is 1.00. The number of nitrogens with zero attached hydrogens (tertiary/aromatic N) is 1. The van der Waals surface area contributed by atoms with Crippen LogP contribution in [0.2, 0.25) is 0 Å². The molecular formula is C17H34N2. The lowest BCUT2D eigenvalue weighted by Gasteiger charge is -2.46. The van der Waals surface area contributed by atoms with Gasteiger partial charge in [-0.2, -0.15) is 0 Å². The van der Waals surface area contributed by atoms with Gasteiger partial charge in [0.15, 0.2) is 0 Å². The standard InChI is InChI=1S/C17H34N2/c1-16(2)8-6-11-19(12-10-16)15-13-17(3,4)9-7-14(15)18-5/h14-15,18H,6-13H2,1-5H3. The molecule has 1 aliphatic carbocycles. The largest absolute Gasteiger partial charge is 0.315 e. The van der Waals surface area contributed by atoms with Crippen molar-refractivity contribution in [2.45, 2.75) is 78.3 Å². The van der Waals surface area contributed by atoms with Gasteiger partial charge in [0.05, 0.1) is 0 Å². The quantitative estimate of drug-likeness (QED) is 0.820. The Kier molecular flexibility index (Phi) is 4.62. The average molecular weight is 266 g/mol. The molecule has 0 aromatic heterocycles. The van der Waals surface area contributed by atoms with E-state index in [1.54, 1.807) is 0 Å². The first kappa shape index (κ1) is 15.3. The van der Waals surface area contributed by atoms with Crippen molar-refractivity contribution >= 4 is 0 Å². The van der Waals surface area contributed by atoms with Gasteiger partial charge in [-0.25, -0.2) is 0 Å². The Balaban J connectivity index is 2.05. The lowest BCUT2D eigenvalue weighted by atomic mass is 9.72. The summed E-state index contributed by atoms with van der Waals surface area (Å²) in [5.41, 5.74) is 1.08. The van der Waals surface area contributed by atoms with Crippen LogP contribution in [-0.4, -0.2) is 37.1 Å². The molecule has 0 spiro atoms. The average Bonchev–Trinajstić information content (AvgIpc) is 2.49. The van der Waals surface area contributed by atoms with Crippen LogP contribution in [-0.2, 0) is 0 Å². The Morgan fingerprint density at radius 3 is 2.37 bits per heavy atom. The molecule has 19 heavy (non-hydrogen) atoms. The second-order valence-electron chi connectivity index (χ2n) is 8.42. The van der Waals surface area contributed by atoms with Crippen LogP contribution in [0.4, 0.5) is 0 Å². The third-order valence-electron chi connectivity index (χ3n) is 5.57. The SMILES string of the molecule is CNC1CCC(C)(C)CC1N1CCCC(C)(C)CC1. The molecule has 0 amide bonds. The summed E-state index contributed by atoms with van der Waals surface area (Å²) in [5, 5.41) is 3.59. The van der Waals surface area contributed by atoms with Gasteiger partial charge in [-0.1, -0.05) is 27.7 Å². The van der Waals surface area contributed by atoms with Gasteiger partial charge in [-0.05, 0) is 69.5 Å². The molecule has 112 valence electrons. The minimum absolute atomic E-state index is 0.528. The zero-order valence-electron chi connectivity index (χ0n) is 13.8. The van der Waals surface area contributed by atoms with Crippen molar-refractivity contribution in [1.29, 1.82) is 0 Å². The molecule has 2 heteroatoms. The molecule has 2 rings (SSSR count). The van der Waals surface area contributed by atoms with Crippen LogP contribution in [0.25, 0.3) is 0 Å². The van der Waals surface area contributed by atoms with E-state index in [0.717, 1.165) is 6.04 Å². The lowest BCUT2D eigenvalue weighted by molar-refractivity contribution is 0.0678. The Morgan fingerprint density at radius 1 is 0.947 bits per heavy atom. The summed E-state index contributed by atoms with van der Waals surface area (Å²) in [4.78, 5) is 2.80. The molecule has 2 nitrogen and oxygen atoms in total. The van der Waals surface area contributed by atoms with Crippen molar-refractivity contribution in [3.63, 3.8) is 0 Å². The van der Waals surface area contributed by atoms with Gasteiger partial charge in [0.25, 0.3) is 0 Å². The number of likely N-dealkylation sites (N-methyl/N-ethyl adjacent to an activating group) is 1. The van der Waals surface area contributed by atoms with Gasteiger partial charge < -0.3 is 5.32 Å². The Morgan fingerprint density at radius 2 is 1.68 bits per heavy atom. The van der Waals surface area contributed by atoms with E-state index >= 15 is 0 Å². The molecule has 1 saturated heterocycles. The third-order valence-corrected chi connectivity index (χ3v) is 5.57. The fourth-order valence-electron chi connectivity index (χ4n) is 4.04. The molecule has 0 bridgehead atoms. The molecular weight excluding hydrogens is 232 g/mol. The van der Waals surface area contributed by atoms with Crippen LogP contribution in [0, 0.1) is 10.8 Å². The number of nitrogens with one attached hydrogen (secondary N) is 1. The third kappa shape index (κ3) is 3.95. The molecule has 1 saturated carbocycles. The first-order valence-corrected chi connectivity index (χ1v) is 8.24. The first-order valence-electron chi connectivity index (χ1n) is 8.24. The van der Waals surface area contributed by atoms with Crippen molar-refractivity contribution in [1.82, 2.24) is 10.2 Å². The van der Waals surface area contributed by atoms with Crippen LogP contribution < -0.4 is 5.32 Å². The molecule has 0 aromatic rings. The number of hydrogen-bond acceptors (Lipinski definition) is 2. The Hall–Kier alpha value is -0.0800. The van der Waals surface area contributed by atoms with Crippen molar-refractivity contribution in [2.24, 2.45) is 10.8 Å². The van der Waals surface area contributed by atoms with Crippen LogP contribution in [0.3, 0.4) is 0 Å². The monoisotopic (exact) mass is 266 g/mol. The molecule has 1 aliphatic heterocycles. The minimum Gasteiger partial charge on any atom is -0.315 e. The Labute approximate surface area is 120 Å². The molecule has 2 aliphatic rings. The van der Waals surface area contributed by atoms with Crippen molar-refractivity contribution in [2.75, 3.05) is 20.1 Å². The van der Waals surface area contributed by atoms with Crippen molar-refractivity contribution < 1.29 is 0 Å². The molecule has 1 N–H and O–H groups in total. The second-order valence-corrected chi connectivity index (χ2v) is 8.42. The van der Waals surface area contributed by atoms with Crippen LogP contribution >= 0.6 is 0 Å². The maximum Gasteiger partial charge on any atom is 0.0254 e. The van der Waals surface area contributed by atoms with Gasteiger partial charge in [0.1, 0.15) is 0 Å². The summed E-state index contributed by atoms with van der Waals surface area (Å²) in [7, 11) is 2.15. The number of hydrogen-bond donors (Lipinski definition) is 1. The van der Waals surface area contributed by atoms with Gasteiger partial charge >= 0.3 is 0 Å². The van der Waals surface area contributed by atoms with E-state index in [1.807, 2.05) is 0 Å². The van der Waals surface area contributed by atoms with Gasteiger partial charge in [0, 0.05) is 12.1 Å². The van der Waals surface area contributed by atoms with Gasteiger partial charge in [0.2, 0.25) is 0 Å². The topological polar surface area (TPSA) is 15.3 Å². The van der Waals surface area contributed by atoms with E-state index in [1.165, 1.54) is 51.6 Å². The summed E-state index contributed by atoms with van der Waals surface area (Å²) in [6.07, 6.45) is 8.20. The van der Waals surface area contributed by atoms with E-state index in [4.69, 9.17) is 0 Å². The van der Waals surface area contributed by atoms with Crippen molar-refractivity contribution in [3.05, 3.63) is 0 Å². The lowest BCUT2D eigenvalue weighted by Crippen LogP contribution is -2.54. The van der Waals surface area contributed by atoms with Crippen molar-refractivity contribution in [3.8, 4) is 0 Å². The van der Waals surface area contributed by atoms with E-state index in [-0.39, 0.29) is 0 Å². The Bertz CT molecular complexity index is 296. The van der Waals surface area contributed by atoms with E-state index in [2.05, 4.69) is 45.0 Å². The molecule has 0 radical (unpaired) electrons. The molecule has 2 unspecified atom stereocenters. The van der Waals surface area contributed by atoms with E-state index < -0.39 is 0 Å². The van der Waals surface area contributed by atoms with E-state index in [0.29, 0.717) is 16.9 Å². The summed E-state index contributed by atoms with van der Waals surface area (Å²) < 4.78 is 0. The maximum atomic E-state index is 3.59.